The van der Waals surface area contributed by atoms with Gasteiger partial charge in [-0.15, -0.1) is 0 Å². The summed E-state index contributed by atoms with van der Waals surface area (Å²) >= 11 is 12.8. The van der Waals surface area contributed by atoms with Crippen LogP contribution in [0.4, 0.5) is 5.69 Å². The molecule has 7 heteroatoms. The van der Waals surface area contributed by atoms with E-state index in [-0.39, 0.29) is 15.6 Å². The van der Waals surface area contributed by atoms with Crippen LogP contribution >= 0.6 is 23.2 Å². The molecule has 5 nitrogen and oxygen atoms in total. The van der Waals surface area contributed by atoms with Gasteiger partial charge in [0.1, 0.15) is 30.6 Å². The van der Waals surface area contributed by atoms with Crippen LogP contribution in [0.5, 0.6) is 11.5 Å². The highest BCUT2D eigenvalue weighted by atomic mass is 35.5. The Morgan fingerprint density at radius 1 is 0.868 bits per heavy atom. The van der Waals surface area contributed by atoms with Gasteiger partial charge in [0.25, 0.3) is 5.91 Å². The minimum atomic E-state index is -0.558. The van der Waals surface area contributed by atoms with Crippen LogP contribution in [-0.4, -0.2) is 5.91 Å². The highest BCUT2D eigenvalue weighted by molar-refractivity contribution is 6.37. The van der Waals surface area contributed by atoms with Gasteiger partial charge in [0.15, 0.2) is 5.75 Å². The number of hydrogen-bond donors (Lipinski definition) is 1. The molecule has 1 N–H and O–H groups in total. The van der Waals surface area contributed by atoms with Gasteiger partial charge in [0.2, 0.25) is 0 Å². The van der Waals surface area contributed by atoms with Gasteiger partial charge < -0.3 is 14.8 Å². The summed E-state index contributed by atoms with van der Waals surface area (Å²) in [6.45, 7) is 2.75. The molecule has 0 fully saturated rings. The van der Waals surface area contributed by atoms with Gasteiger partial charge in [0.05, 0.1) is 10.0 Å². The van der Waals surface area contributed by atoms with Gasteiger partial charge in [-0.25, -0.2) is 0 Å². The van der Waals surface area contributed by atoms with E-state index in [9.17, 15) is 10.1 Å². The third kappa shape index (κ3) is 7.39. The molecule has 0 saturated heterocycles. The molecule has 0 radical (unpaired) electrons. The largest absolute Gasteiger partial charge is 0.489 e. The van der Waals surface area contributed by atoms with E-state index in [2.05, 4.69) is 5.32 Å². The molecular formula is C31H24Cl2N2O3. The van der Waals surface area contributed by atoms with Gasteiger partial charge in [-0.1, -0.05) is 83.4 Å². The molecule has 0 aliphatic heterocycles. The zero-order valence-electron chi connectivity index (χ0n) is 20.6. The van der Waals surface area contributed by atoms with E-state index in [0.29, 0.717) is 36.0 Å². The lowest BCUT2D eigenvalue weighted by Crippen LogP contribution is -2.13. The Balaban J connectivity index is 1.39. The summed E-state index contributed by atoms with van der Waals surface area (Å²) in [5.41, 5.74) is 4.11. The smallest absolute Gasteiger partial charge is 0.266 e. The number of halogens is 2. The quantitative estimate of drug-likeness (QED) is 0.172. The molecule has 190 valence electrons. The fourth-order valence-electron chi connectivity index (χ4n) is 3.53. The SMILES string of the molecule is Cc1ccc(COc2c(Cl)cc(/C=C(\C#N)C(=O)Nc3ccc(OCc4ccccc4)cc3)cc2Cl)cc1. The van der Waals surface area contributed by atoms with Crippen molar-refractivity contribution in [2.45, 2.75) is 20.1 Å². The fraction of sp³-hybridized carbons (Fsp3) is 0.0968. The highest BCUT2D eigenvalue weighted by Gasteiger charge is 2.13. The number of anilines is 1. The van der Waals surface area contributed by atoms with Crippen LogP contribution in [-0.2, 0) is 18.0 Å². The molecule has 38 heavy (non-hydrogen) atoms. The summed E-state index contributed by atoms with van der Waals surface area (Å²) in [6.07, 6.45) is 1.42. The van der Waals surface area contributed by atoms with Crippen LogP contribution in [0, 0.1) is 18.3 Å². The van der Waals surface area contributed by atoms with Crippen molar-refractivity contribution in [1.82, 2.24) is 0 Å². The average molecular weight is 543 g/mol. The van der Waals surface area contributed by atoms with Crippen molar-refractivity contribution in [3.63, 3.8) is 0 Å². The van der Waals surface area contributed by atoms with E-state index in [4.69, 9.17) is 32.7 Å². The summed E-state index contributed by atoms with van der Waals surface area (Å²) in [5, 5.41) is 12.9. The minimum Gasteiger partial charge on any atom is -0.489 e. The molecule has 0 saturated carbocycles. The molecule has 1 amide bonds. The van der Waals surface area contributed by atoms with E-state index >= 15 is 0 Å². The second-order valence-corrected chi connectivity index (χ2v) is 9.32. The van der Waals surface area contributed by atoms with Crippen molar-refractivity contribution in [2.75, 3.05) is 5.32 Å². The lowest BCUT2D eigenvalue weighted by molar-refractivity contribution is -0.112. The average Bonchev–Trinajstić information content (AvgIpc) is 2.92. The van der Waals surface area contributed by atoms with Gasteiger partial charge in [0, 0.05) is 5.69 Å². The molecule has 4 aromatic carbocycles. The molecular weight excluding hydrogens is 519 g/mol. The van der Waals surface area contributed by atoms with E-state index in [1.807, 2.05) is 67.6 Å². The van der Waals surface area contributed by atoms with Gasteiger partial charge in [-0.3, -0.25) is 4.79 Å². The van der Waals surface area contributed by atoms with Crippen LogP contribution in [0.3, 0.4) is 0 Å². The molecule has 0 heterocycles. The van der Waals surface area contributed by atoms with Crippen molar-refractivity contribution in [3.05, 3.63) is 129 Å². The van der Waals surface area contributed by atoms with Crippen molar-refractivity contribution >= 4 is 40.9 Å². The van der Waals surface area contributed by atoms with Gasteiger partial charge >= 0.3 is 0 Å². The zero-order valence-corrected chi connectivity index (χ0v) is 22.1. The van der Waals surface area contributed by atoms with Gasteiger partial charge in [-0.05, 0) is 66.1 Å². The Bertz CT molecular complexity index is 1450. The van der Waals surface area contributed by atoms with Crippen LogP contribution in [0.15, 0.2) is 96.6 Å². The first-order valence-corrected chi connectivity index (χ1v) is 12.5. The highest BCUT2D eigenvalue weighted by Crippen LogP contribution is 2.35. The molecule has 0 aliphatic carbocycles. The number of aryl methyl sites for hydroxylation is 1. The second kappa shape index (κ2) is 12.8. The number of nitrogens with one attached hydrogen (secondary N) is 1. The minimum absolute atomic E-state index is 0.102. The van der Waals surface area contributed by atoms with Crippen molar-refractivity contribution in [1.29, 1.82) is 5.26 Å². The Morgan fingerprint density at radius 3 is 2.11 bits per heavy atom. The first kappa shape index (κ1) is 26.8. The third-order valence-corrected chi connectivity index (χ3v) is 6.12. The first-order valence-electron chi connectivity index (χ1n) is 11.8. The van der Waals surface area contributed by atoms with Crippen LogP contribution in [0.25, 0.3) is 6.08 Å². The first-order chi connectivity index (χ1) is 18.4. The topological polar surface area (TPSA) is 71.3 Å². The lowest BCUT2D eigenvalue weighted by Gasteiger charge is -2.11. The maximum Gasteiger partial charge on any atom is 0.266 e. The second-order valence-electron chi connectivity index (χ2n) is 8.51. The fourth-order valence-corrected chi connectivity index (χ4v) is 4.14. The van der Waals surface area contributed by atoms with Crippen molar-refractivity contribution < 1.29 is 14.3 Å². The summed E-state index contributed by atoms with van der Waals surface area (Å²) in [5.74, 6) is 0.442. The predicted octanol–water partition coefficient (Wildman–Crippen LogP) is 8.01. The number of nitrogens with zero attached hydrogens (tertiary/aromatic N) is 1. The van der Waals surface area contributed by atoms with Gasteiger partial charge in [-0.2, -0.15) is 5.26 Å². The number of rotatable bonds is 9. The van der Waals surface area contributed by atoms with Crippen LogP contribution in [0.2, 0.25) is 10.0 Å². The number of hydrogen-bond acceptors (Lipinski definition) is 4. The summed E-state index contributed by atoms with van der Waals surface area (Å²) in [6, 6.07) is 29.8. The molecule has 0 bridgehead atoms. The third-order valence-electron chi connectivity index (χ3n) is 5.56. The van der Waals surface area contributed by atoms with Crippen LogP contribution in [0.1, 0.15) is 22.3 Å². The molecule has 0 unspecified atom stereocenters. The number of carbonyl (C=O) groups excluding carboxylic acids is 1. The molecule has 0 aromatic heterocycles. The summed E-state index contributed by atoms with van der Waals surface area (Å²) < 4.78 is 11.6. The van der Waals surface area contributed by atoms with Crippen molar-refractivity contribution in [2.24, 2.45) is 0 Å². The molecule has 0 atom stereocenters. The standard InChI is InChI=1S/C31H24Cl2N2O3/c1-21-7-9-23(10-8-21)20-38-30-28(32)16-24(17-29(30)33)15-25(18-34)31(36)35-26-11-13-27(14-12-26)37-19-22-5-3-2-4-6-22/h2-17H,19-20H2,1H3,(H,35,36)/b25-15+. The number of carbonyl (C=O) groups is 1. The molecule has 4 aromatic rings. The van der Waals surface area contributed by atoms with Crippen molar-refractivity contribution in [3.8, 4) is 17.6 Å². The monoisotopic (exact) mass is 542 g/mol. The molecule has 0 spiro atoms. The van der Waals surface area contributed by atoms with Crippen LogP contribution < -0.4 is 14.8 Å². The van der Waals surface area contributed by atoms with E-state index in [1.165, 1.54) is 6.08 Å². The Kier molecular flexibility index (Phi) is 9.05. The summed E-state index contributed by atoms with van der Waals surface area (Å²) in [4.78, 5) is 12.7. The molecule has 4 rings (SSSR count). The van der Waals surface area contributed by atoms with E-state index in [0.717, 1.165) is 16.7 Å². The maximum atomic E-state index is 12.7. The Hall–Kier alpha value is -4.24. The number of benzene rings is 4. The van der Waals surface area contributed by atoms with E-state index in [1.54, 1.807) is 36.4 Å². The normalized spacial score (nSPS) is 10.9. The number of amides is 1. The predicted molar refractivity (Wildman–Crippen MR) is 151 cm³/mol. The maximum absolute atomic E-state index is 12.7. The zero-order chi connectivity index (χ0) is 26.9. The molecule has 0 aliphatic rings. The van der Waals surface area contributed by atoms with E-state index < -0.39 is 5.91 Å². The Morgan fingerprint density at radius 2 is 1.47 bits per heavy atom. The number of nitriles is 1. The number of ether oxygens (including phenoxy) is 2. The Labute approximate surface area is 231 Å². The lowest BCUT2D eigenvalue weighted by atomic mass is 10.1. The summed E-state index contributed by atoms with van der Waals surface area (Å²) in [7, 11) is 0.